The summed E-state index contributed by atoms with van der Waals surface area (Å²) in [4.78, 5) is 14.9. The molecular weight excluding hydrogens is 368 g/mol. The number of nitrogens with zero attached hydrogens (tertiary/aromatic N) is 3. The molecule has 7 nitrogen and oxygen atoms in total. The van der Waals surface area contributed by atoms with Crippen molar-refractivity contribution in [2.24, 2.45) is 0 Å². The van der Waals surface area contributed by atoms with E-state index in [0.29, 0.717) is 18.1 Å². The average Bonchev–Trinajstić information content (AvgIpc) is 3.29. The zero-order chi connectivity index (χ0) is 20.2. The van der Waals surface area contributed by atoms with Crippen LogP contribution in [0.25, 0.3) is 0 Å². The number of ether oxygens (including phenoxy) is 1. The number of anilines is 1. The molecule has 1 saturated heterocycles. The van der Waals surface area contributed by atoms with E-state index in [1.54, 1.807) is 6.07 Å². The first-order valence-corrected chi connectivity index (χ1v) is 9.87. The minimum atomic E-state index is -0.256. The summed E-state index contributed by atoms with van der Waals surface area (Å²) in [5.41, 5.74) is 3.94. The van der Waals surface area contributed by atoms with Crippen LogP contribution in [0.2, 0.25) is 0 Å². The summed E-state index contributed by atoms with van der Waals surface area (Å²) < 4.78 is 13.0. The van der Waals surface area contributed by atoms with Gasteiger partial charge < -0.3 is 14.5 Å². The third-order valence-corrected chi connectivity index (χ3v) is 4.99. The summed E-state index contributed by atoms with van der Waals surface area (Å²) in [7, 11) is 0. The van der Waals surface area contributed by atoms with Crippen LogP contribution in [-0.2, 0) is 17.8 Å². The molecule has 0 aliphatic carbocycles. The maximum atomic E-state index is 12.6. The van der Waals surface area contributed by atoms with E-state index in [1.807, 2.05) is 48.9 Å². The second-order valence-corrected chi connectivity index (χ2v) is 7.39. The molecule has 1 amide bonds. The number of hydrogen-bond acceptors (Lipinski definition) is 5. The molecule has 152 valence electrons. The van der Waals surface area contributed by atoms with Gasteiger partial charge in [0.1, 0.15) is 5.76 Å². The van der Waals surface area contributed by atoms with Gasteiger partial charge in [-0.15, -0.1) is 0 Å². The van der Waals surface area contributed by atoms with Gasteiger partial charge in [-0.2, -0.15) is 5.10 Å². The molecule has 0 radical (unpaired) electrons. The van der Waals surface area contributed by atoms with Crippen LogP contribution in [0.4, 0.5) is 5.69 Å². The number of benzene rings is 1. The summed E-state index contributed by atoms with van der Waals surface area (Å²) in [6.07, 6.45) is 0. The maximum Gasteiger partial charge on any atom is 0.291 e. The number of carbonyl (C=O) groups excluding carboxylic acids is 1. The van der Waals surface area contributed by atoms with Crippen molar-refractivity contribution in [3.05, 3.63) is 70.9 Å². The number of furan rings is 1. The van der Waals surface area contributed by atoms with E-state index >= 15 is 0 Å². The molecule has 0 saturated carbocycles. The van der Waals surface area contributed by atoms with Crippen LogP contribution < -0.4 is 5.32 Å². The highest BCUT2D eigenvalue weighted by molar-refractivity contribution is 6.02. The second kappa shape index (κ2) is 8.63. The Morgan fingerprint density at radius 2 is 1.93 bits per heavy atom. The zero-order valence-electron chi connectivity index (χ0n) is 16.9. The molecule has 1 aliphatic heterocycles. The summed E-state index contributed by atoms with van der Waals surface area (Å²) in [5.74, 6) is 0.732. The number of carbonyl (C=O) groups is 1. The SMILES string of the molecule is Cc1cc(C)n(Cc2ccc(C(=O)Nc3cccc(CN4CCOCC4)c3)o2)n1. The van der Waals surface area contributed by atoms with Crippen LogP contribution in [0.3, 0.4) is 0 Å². The van der Waals surface area contributed by atoms with E-state index in [9.17, 15) is 4.79 Å². The summed E-state index contributed by atoms with van der Waals surface area (Å²) in [6, 6.07) is 13.5. The number of aryl methyl sites for hydroxylation is 2. The molecule has 1 aromatic carbocycles. The lowest BCUT2D eigenvalue weighted by atomic mass is 10.2. The molecule has 4 rings (SSSR count). The molecule has 2 aromatic heterocycles. The fourth-order valence-corrected chi connectivity index (χ4v) is 3.53. The predicted molar refractivity (Wildman–Crippen MR) is 110 cm³/mol. The lowest BCUT2D eigenvalue weighted by molar-refractivity contribution is 0.0342. The minimum absolute atomic E-state index is 0.256. The first-order chi connectivity index (χ1) is 14.1. The van der Waals surface area contributed by atoms with E-state index in [4.69, 9.17) is 9.15 Å². The van der Waals surface area contributed by atoms with Crippen molar-refractivity contribution < 1.29 is 13.9 Å². The van der Waals surface area contributed by atoms with Crippen molar-refractivity contribution in [1.29, 1.82) is 0 Å². The van der Waals surface area contributed by atoms with Crippen molar-refractivity contribution in [1.82, 2.24) is 14.7 Å². The van der Waals surface area contributed by atoms with Gasteiger partial charge in [0.25, 0.3) is 5.91 Å². The number of hydrogen-bond donors (Lipinski definition) is 1. The molecule has 0 unspecified atom stereocenters. The van der Waals surface area contributed by atoms with Crippen molar-refractivity contribution in [3.8, 4) is 0 Å². The third-order valence-electron chi connectivity index (χ3n) is 4.99. The van der Waals surface area contributed by atoms with E-state index in [2.05, 4.69) is 21.4 Å². The van der Waals surface area contributed by atoms with Gasteiger partial charge in [0.05, 0.1) is 25.5 Å². The minimum Gasteiger partial charge on any atom is -0.454 e. The maximum absolute atomic E-state index is 12.6. The molecule has 3 aromatic rings. The molecule has 0 bridgehead atoms. The van der Waals surface area contributed by atoms with Gasteiger partial charge in [0.2, 0.25) is 0 Å². The molecule has 1 aliphatic rings. The van der Waals surface area contributed by atoms with Gasteiger partial charge in [0, 0.05) is 31.0 Å². The molecule has 0 atom stereocenters. The van der Waals surface area contributed by atoms with E-state index < -0.39 is 0 Å². The molecular formula is C22H26N4O3. The average molecular weight is 394 g/mol. The molecule has 7 heteroatoms. The number of morpholine rings is 1. The smallest absolute Gasteiger partial charge is 0.291 e. The van der Waals surface area contributed by atoms with E-state index in [-0.39, 0.29) is 5.91 Å². The molecule has 3 heterocycles. The van der Waals surface area contributed by atoms with Crippen molar-refractivity contribution in [3.63, 3.8) is 0 Å². The normalized spacial score (nSPS) is 14.8. The lowest BCUT2D eigenvalue weighted by Crippen LogP contribution is -2.35. The van der Waals surface area contributed by atoms with Crippen LogP contribution in [0, 0.1) is 13.8 Å². The number of amides is 1. The van der Waals surface area contributed by atoms with Gasteiger partial charge in [0.15, 0.2) is 5.76 Å². The molecule has 0 spiro atoms. The first kappa shape index (κ1) is 19.4. The summed E-state index contributed by atoms with van der Waals surface area (Å²) in [5, 5.41) is 7.36. The third kappa shape index (κ3) is 4.93. The standard InChI is InChI=1S/C22H26N4O3/c1-16-12-17(2)26(24-16)15-20-6-7-21(29-20)22(27)23-19-5-3-4-18(13-19)14-25-8-10-28-11-9-25/h3-7,12-13H,8-11,14-15H2,1-2H3,(H,23,27). The van der Waals surface area contributed by atoms with Crippen LogP contribution in [0.5, 0.6) is 0 Å². The van der Waals surface area contributed by atoms with Gasteiger partial charge in [-0.1, -0.05) is 12.1 Å². The van der Waals surface area contributed by atoms with Crippen molar-refractivity contribution >= 4 is 11.6 Å². The zero-order valence-corrected chi connectivity index (χ0v) is 16.9. The van der Waals surface area contributed by atoms with Crippen LogP contribution in [0.15, 0.2) is 46.9 Å². The van der Waals surface area contributed by atoms with Gasteiger partial charge in [-0.05, 0) is 49.7 Å². The number of aromatic nitrogens is 2. The van der Waals surface area contributed by atoms with E-state index in [1.165, 1.54) is 0 Å². The highest BCUT2D eigenvalue weighted by Gasteiger charge is 2.14. The fraction of sp³-hybridized carbons (Fsp3) is 0.364. The molecule has 1 N–H and O–H groups in total. The molecule has 1 fully saturated rings. The largest absolute Gasteiger partial charge is 0.454 e. The van der Waals surface area contributed by atoms with Gasteiger partial charge in [-0.3, -0.25) is 14.4 Å². The van der Waals surface area contributed by atoms with Gasteiger partial charge in [-0.25, -0.2) is 0 Å². The monoisotopic (exact) mass is 394 g/mol. The number of nitrogens with one attached hydrogen (secondary N) is 1. The van der Waals surface area contributed by atoms with Gasteiger partial charge >= 0.3 is 0 Å². The highest BCUT2D eigenvalue weighted by atomic mass is 16.5. The fourth-order valence-electron chi connectivity index (χ4n) is 3.53. The highest BCUT2D eigenvalue weighted by Crippen LogP contribution is 2.17. The Morgan fingerprint density at radius 3 is 2.69 bits per heavy atom. The van der Waals surface area contributed by atoms with Crippen LogP contribution in [0.1, 0.15) is 33.3 Å². The Kier molecular flexibility index (Phi) is 5.78. The topological polar surface area (TPSA) is 72.5 Å². The Bertz CT molecular complexity index is 986. The van der Waals surface area contributed by atoms with Crippen LogP contribution >= 0.6 is 0 Å². The second-order valence-electron chi connectivity index (χ2n) is 7.39. The Morgan fingerprint density at radius 1 is 1.10 bits per heavy atom. The van der Waals surface area contributed by atoms with Crippen molar-refractivity contribution in [2.75, 3.05) is 31.6 Å². The summed E-state index contributed by atoms with van der Waals surface area (Å²) >= 11 is 0. The van der Waals surface area contributed by atoms with Crippen LogP contribution in [-0.4, -0.2) is 46.9 Å². The molecule has 29 heavy (non-hydrogen) atoms. The van der Waals surface area contributed by atoms with E-state index in [0.717, 1.165) is 55.5 Å². The van der Waals surface area contributed by atoms with Crippen molar-refractivity contribution in [2.45, 2.75) is 26.9 Å². The number of rotatable bonds is 6. The predicted octanol–water partition coefficient (Wildman–Crippen LogP) is 3.23. The lowest BCUT2D eigenvalue weighted by Gasteiger charge is -2.26. The Balaban J connectivity index is 1.38. The first-order valence-electron chi connectivity index (χ1n) is 9.87. The Labute approximate surface area is 170 Å². The Hall–Kier alpha value is -2.90. The summed E-state index contributed by atoms with van der Waals surface area (Å²) in [6.45, 7) is 8.71. The quantitative estimate of drug-likeness (QED) is 0.695.